The van der Waals surface area contributed by atoms with E-state index >= 15 is 0 Å². The zero-order valence-corrected chi connectivity index (χ0v) is 16.9. The highest BCUT2D eigenvalue weighted by molar-refractivity contribution is 6.04. The Morgan fingerprint density at radius 3 is 2.41 bits per heavy atom. The highest BCUT2D eigenvalue weighted by atomic mass is 16.5. The number of ether oxygens (including phenoxy) is 1. The van der Waals surface area contributed by atoms with E-state index in [1.807, 2.05) is 26.0 Å². The molecule has 0 saturated heterocycles. The van der Waals surface area contributed by atoms with Gasteiger partial charge in [0, 0.05) is 17.2 Å². The highest BCUT2D eigenvalue weighted by Crippen LogP contribution is 2.32. The monoisotopic (exact) mass is 393 g/mol. The molecule has 6 heteroatoms. The summed E-state index contributed by atoms with van der Waals surface area (Å²) in [6.45, 7) is 3.74. The summed E-state index contributed by atoms with van der Waals surface area (Å²) in [4.78, 5) is 27.1. The number of carbonyl (C=O) groups is 2. The van der Waals surface area contributed by atoms with E-state index in [0.717, 1.165) is 37.5 Å². The van der Waals surface area contributed by atoms with Crippen molar-refractivity contribution in [2.75, 3.05) is 5.32 Å². The van der Waals surface area contributed by atoms with E-state index in [0.29, 0.717) is 34.5 Å². The van der Waals surface area contributed by atoms with Gasteiger partial charge in [0.25, 0.3) is 0 Å². The van der Waals surface area contributed by atoms with Crippen LogP contribution >= 0.6 is 0 Å². The van der Waals surface area contributed by atoms with Crippen LogP contribution in [0.5, 0.6) is 0 Å². The first-order valence-electron chi connectivity index (χ1n) is 10.1. The Labute approximate surface area is 171 Å². The maximum Gasteiger partial charge on any atom is 0.217 e. The number of hydrogen-bond donors (Lipinski definition) is 2. The SMILES string of the molecule is CC(C)OC(=N)c1c(-c2ccc(C=O)cc2)cc(C=O)nc1NC1CCCCC1. The van der Waals surface area contributed by atoms with Gasteiger partial charge in [-0.15, -0.1) is 0 Å². The summed E-state index contributed by atoms with van der Waals surface area (Å²) in [5.41, 5.74) is 2.87. The third kappa shape index (κ3) is 5.08. The predicted octanol–water partition coefficient (Wildman–Crippen LogP) is 4.87. The molecule has 1 aliphatic rings. The molecule has 1 fully saturated rings. The van der Waals surface area contributed by atoms with E-state index in [1.54, 1.807) is 18.2 Å². The van der Waals surface area contributed by atoms with Crippen molar-refractivity contribution in [3.8, 4) is 11.1 Å². The molecule has 0 spiro atoms. The van der Waals surface area contributed by atoms with Gasteiger partial charge in [0.2, 0.25) is 5.90 Å². The van der Waals surface area contributed by atoms with Gasteiger partial charge in [-0.3, -0.25) is 15.0 Å². The summed E-state index contributed by atoms with van der Waals surface area (Å²) < 4.78 is 5.71. The number of pyridine rings is 1. The lowest BCUT2D eigenvalue weighted by Crippen LogP contribution is -2.25. The van der Waals surface area contributed by atoms with Crippen molar-refractivity contribution in [1.29, 1.82) is 5.41 Å². The first-order valence-corrected chi connectivity index (χ1v) is 10.1. The predicted molar refractivity (Wildman–Crippen MR) is 114 cm³/mol. The molecule has 1 aromatic heterocycles. The molecule has 1 aromatic carbocycles. The molecule has 0 bridgehead atoms. The van der Waals surface area contributed by atoms with Gasteiger partial charge in [-0.25, -0.2) is 4.98 Å². The molecule has 0 atom stereocenters. The van der Waals surface area contributed by atoms with Gasteiger partial charge in [0.15, 0.2) is 6.29 Å². The van der Waals surface area contributed by atoms with E-state index in [4.69, 9.17) is 10.1 Å². The maximum absolute atomic E-state index is 11.6. The van der Waals surface area contributed by atoms with E-state index in [1.165, 1.54) is 6.42 Å². The molecule has 2 aromatic rings. The minimum atomic E-state index is -0.166. The molecule has 1 aliphatic carbocycles. The Morgan fingerprint density at radius 2 is 1.83 bits per heavy atom. The molecule has 3 rings (SSSR count). The standard InChI is InChI=1S/C23H27N3O3/c1-15(2)29-22(24)21-20(17-10-8-16(13-27)9-11-17)12-19(14-28)26-23(21)25-18-6-4-3-5-7-18/h8-15,18,24H,3-7H2,1-2H3,(H,25,26). The average Bonchev–Trinajstić information content (AvgIpc) is 2.73. The number of carbonyl (C=O) groups excluding carboxylic acids is 2. The summed E-state index contributed by atoms with van der Waals surface area (Å²) in [5.74, 6) is 0.513. The number of aromatic nitrogens is 1. The fraction of sp³-hybridized carbons (Fsp3) is 0.391. The fourth-order valence-electron chi connectivity index (χ4n) is 3.66. The molecule has 2 N–H and O–H groups in total. The molecular formula is C23H27N3O3. The van der Waals surface area contributed by atoms with Crippen molar-refractivity contribution in [2.24, 2.45) is 0 Å². The molecule has 1 heterocycles. The minimum absolute atomic E-state index is 0.0118. The Kier molecular flexibility index (Phi) is 6.75. The lowest BCUT2D eigenvalue weighted by Gasteiger charge is -2.26. The third-order valence-electron chi connectivity index (χ3n) is 5.04. The van der Waals surface area contributed by atoms with Gasteiger partial charge >= 0.3 is 0 Å². The van der Waals surface area contributed by atoms with E-state index in [9.17, 15) is 9.59 Å². The number of anilines is 1. The van der Waals surface area contributed by atoms with Gasteiger partial charge in [-0.2, -0.15) is 0 Å². The van der Waals surface area contributed by atoms with Crippen molar-refractivity contribution < 1.29 is 14.3 Å². The molecular weight excluding hydrogens is 366 g/mol. The van der Waals surface area contributed by atoms with E-state index in [-0.39, 0.29) is 18.0 Å². The number of nitrogens with one attached hydrogen (secondary N) is 2. The number of nitrogens with zero attached hydrogens (tertiary/aromatic N) is 1. The minimum Gasteiger partial charge on any atom is -0.475 e. The highest BCUT2D eigenvalue weighted by Gasteiger charge is 2.23. The molecule has 152 valence electrons. The summed E-state index contributed by atoms with van der Waals surface area (Å²) in [5, 5.41) is 12.0. The molecule has 6 nitrogen and oxygen atoms in total. The number of aldehydes is 2. The van der Waals surface area contributed by atoms with Gasteiger partial charge in [-0.1, -0.05) is 43.5 Å². The van der Waals surface area contributed by atoms with E-state index < -0.39 is 0 Å². The van der Waals surface area contributed by atoms with Gasteiger partial charge in [0.05, 0.1) is 11.7 Å². The summed E-state index contributed by atoms with van der Waals surface area (Å²) in [6, 6.07) is 8.98. The van der Waals surface area contributed by atoms with Crippen LogP contribution in [0.25, 0.3) is 11.1 Å². The van der Waals surface area contributed by atoms with Crippen LogP contribution in [-0.2, 0) is 4.74 Å². The zero-order chi connectivity index (χ0) is 20.8. The lowest BCUT2D eigenvalue weighted by atomic mass is 9.94. The van der Waals surface area contributed by atoms with Crippen LogP contribution in [0.4, 0.5) is 5.82 Å². The molecule has 0 radical (unpaired) electrons. The van der Waals surface area contributed by atoms with Gasteiger partial charge < -0.3 is 10.1 Å². The Bertz CT molecular complexity index is 885. The molecule has 0 amide bonds. The second-order valence-electron chi connectivity index (χ2n) is 7.65. The normalized spacial score (nSPS) is 14.4. The topological polar surface area (TPSA) is 92.1 Å². The summed E-state index contributed by atoms with van der Waals surface area (Å²) >= 11 is 0. The van der Waals surface area contributed by atoms with Crippen molar-refractivity contribution in [3.05, 3.63) is 47.2 Å². The average molecular weight is 393 g/mol. The second-order valence-corrected chi connectivity index (χ2v) is 7.65. The maximum atomic E-state index is 11.6. The van der Waals surface area contributed by atoms with Crippen LogP contribution in [0, 0.1) is 5.41 Å². The van der Waals surface area contributed by atoms with Crippen LogP contribution in [0.2, 0.25) is 0 Å². The van der Waals surface area contributed by atoms with Gasteiger partial charge in [0.1, 0.15) is 17.8 Å². The lowest BCUT2D eigenvalue weighted by molar-refractivity contribution is 0.111. The second kappa shape index (κ2) is 9.45. The molecule has 1 saturated carbocycles. The first kappa shape index (κ1) is 20.7. The number of rotatable bonds is 7. The third-order valence-corrected chi connectivity index (χ3v) is 5.04. The van der Waals surface area contributed by atoms with Crippen LogP contribution in [0.1, 0.15) is 72.4 Å². The molecule has 0 aliphatic heterocycles. The number of benzene rings is 1. The largest absolute Gasteiger partial charge is 0.475 e. The first-order chi connectivity index (χ1) is 14.0. The fourth-order valence-corrected chi connectivity index (χ4v) is 3.66. The smallest absolute Gasteiger partial charge is 0.217 e. The van der Waals surface area contributed by atoms with Crippen LogP contribution in [-0.4, -0.2) is 35.6 Å². The Hall–Kier alpha value is -3.02. The van der Waals surface area contributed by atoms with Gasteiger partial charge in [-0.05, 0) is 38.3 Å². The van der Waals surface area contributed by atoms with Crippen molar-refractivity contribution in [1.82, 2.24) is 4.98 Å². The number of hydrogen-bond acceptors (Lipinski definition) is 6. The quantitative estimate of drug-likeness (QED) is 0.398. The van der Waals surface area contributed by atoms with Crippen LogP contribution < -0.4 is 5.32 Å². The van der Waals surface area contributed by atoms with Crippen molar-refractivity contribution in [2.45, 2.75) is 58.1 Å². The van der Waals surface area contributed by atoms with Crippen molar-refractivity contribution in [3.63, 3.8) is 0 Å². The summed E-state index contributed by atoms with van der Waals surface area (Å²) in [6.07, 6.45) is 6.94. The zero-order valence-electron chi connectivity index (χ0n) is 16.9. The molecule has 29 heavy (non-hydrogen) atoms. The van der Waals surface area contributed by atoms with Crippen molar-refractivity contribution >= 4 is 24.3 Å². The van der Waals surface area contributed by atoms with E-state index in [2.05, 4.69) is 10.3 Å². The Morgan fingerprint density at radius 1 is 1.14 bits per heavy atom. The van der Waals surface area contributed by atoms with Crippen LogP contribution in [0.15, 0.2) is 30.3 Å². The summed E-state index contributed by atoms with van der Waals surface area (Å²) in [7, 11) is 0. The Balaban J connectivity index is 2.12. The van der Waals surface area contributed by atoms with Crippen LogP contribution in [0.3, 0.4) is 0 Å². The molecule has 0 unspecified atom stereocenters.